The van der Waals surface area contributed by atoms with E-state index in [1.807, 2.05) is 32.0 Å². The van der Waals surface area contributed by atoms with Crippen LogP contribution in [0.5, 0.6) is 5.75 Å². The van der Waals surface area contributed by atoms with Crippen LogP contribution in [0.25, 0.3) is 10.9 Å². The van der Waals surface area contributed by atoms with Gasteiger partial charge in [0.05, 0.1) is 24.6 Å². The highest BCUT2D eigenvalue weighted by atomic mass is 19.1. The van der Waals surface area contributed by atoms with Gasteiger partial charge >= 0.3 is 5.97 Å². The monoisotopic (exact) mass is 433 g/mol. The molecule has 0 saturated heterocycles. The van der Waals surface area contributed by atoms with Gasteiger partial charge in [0.2, 0.25) is 0 Å². The molecule has 5 nitrogen and oxygen atoms in total. The third-order valence-corrected chi connectivity index (χ3v) is 5.58. The van der Waals surface area contributed by atoms with Crippen LogP contribution < -0.4 is 10.3 Å². The van der Waals surface area contributed by atoms with Crippen LogP contribution in [-0.2, 0) is 16.6 Å². The third kappa shape index (κ3) is 7.37. The fraction of sp³-hybridized carbons (Fsp3) is 0.600. The Kier molecular flexibility index (Phi) is 10.0. The molecule has 172 valence electrons. The molecule has 0 spiro atoms. The quantitative estimate of drug-likeness (QED) is 0.301. The highest BCUT2D eigenvalue weighted by Gasteiger charge is 2.12. The van der Waals surface area contributed by atoms with E-state index >= 15 is 0 Å². The highest BCUT2D eigenvalue weighted by Crippen LogP contribution is 2.23. The van der Waals surface area contributed by atoms with Gasteiger partial charge in [0.25, 0.3) is 5.56 Å². The smallest absolute Gasteiger partial charge is 0.308 e. The summed E-state index contributed by atoms with van der Waals surface area (Å²) in [6, 6.07) is 5.45. The summed E-state index contributed by atoms with van der Waals surface area (Å²) in [5, 5.41) is 0.727. The summed E-state index contributed by atoms with van der Waals surface area (Å²) < 4.78 is 26.3. The number of rotatable bonds is 13. The number of nitrogens with zero attached hydrogens (tertiary/aromatic N) is 1. The molecule has 6 heteroatoms. The number of unbranched alkanes of at least 4 members (excludes halogenated alkanes) is 7. The van der Waals surface area contributed by atoms with Crippen LogP contribution >= 0.6 is 0 Å². The molecule has 31 heavy (non-hydrogen) atoms. The molecule has 0 aliphatic heterocycles. The molecule has 2 rings (SSSR count). The predicted molar refractivity (Wildman–Crippen MR) is 122 cm³/mol. The van der Waals surface area contributed by atoms with E-state index in [0.717, 1.165) is 31.1 Å². The molecule has 1 aromatic heterocycles. The van der Waals surface area contributed by atoms with Crippen molar-refractivity contribution < 1.29 is 18.7 Å². The topological polar surface area (TPSA) is 57.5 Å². The van der Waals surface area contributed by atoms with Crippen molar-refractivity contribution in [3.05, 3.63) is 39.9 Å². The lowest BCUT2D eigenvalue weighted by Crippen LogP contribution is -2.21. The second-order valence-electron chi connectivity index (χ2n) is 8.48. The van der Waals surface area contributed by atoms with Gasteiger partial charge in [-0.2, -0.15) is 0 Å². The number of carbonyl (C=O) groups is 1. The van der Waals surface area contributed by atoms with Gasteiger partial charge in [-0.15, -0.1) is 0 Å². The lowest BCUT2D eigenvalue weighted by molar-refractivity contribution is -0.147. The lowest BCUT2D eigenvalue weighted by atomic mass is 10.1. The van der Waals surface area contributed by atoms with Gasteiger partial charge in [-0.25, -0.2) is 4.39 Å². The van der Waals surface area contributed by atoms with Gasteiger partial charge < -0.3 is 14.0 Å². The van der Waals surface area contributed by atoms with Crippen molar-refractivity contribution in [2.45, 2.75) is 72.1 Å². The molecular formula is C25H36FNO4. The number of pyridine rings is 1. The number of halogens is 1. The number of hydrogen-bond acceptors (Lipinski definition) is 4. The molecule has 0 aliphatic rings. The maximum absolute atomic E-state index is 13.9. The van der Waals surface area contributed by atoms with Crippen molar-refractivity contribution in [3.8, 4) is 5.75 Å². The van der Waals surface area contributed by atoms with Gasteiger partial charge in [0.15, 0.2) is 5.82 Å². The number of aromatic nitrogens is 1. The normalized spacial score (nSPS) is 11.3. The molecule has 0 aliphatic carbocycles. The van der Waals surface area contributed by atoms with E-state index in [1.54, 1.807) is 14.0 Å². The Hall–Kier alpha value is -2.37. The van der Waals surface area contributed by atoms with Crippen LogP contribution in [-0.4, -0.2) is 23.8 Å². The standard InChI is InChI=1S/C25H36FNO4/c1-18(2)25(29)31-16-12-10-8-6-5-7-9-11-15-30-20-13-14-21-19(3)23(26)24(28)27(4)22(21)17-20/h13-14,17-18H,5-12,15-16H2,1-4H3. The number of fused-ring (bicyclic) bond motifs is 1. The van der Waals surface area contributed by atoms with Crippen molar-refractivity contribution in [1.82, 2.24) is 4.57 Å². The molecule has 0 fully saturated rings. The van der Waals surface area contributed by atoms with E-state index in [-0.39, 0.29) is 11.9 Å². The first-order valence-electron chi connectivity index (χ1n) is 11.4. The van der Waals surface area contributed by atoms with E-state index in [2.05, 4.69) is 0 Å². The van der Waals surface area contributed by atoms with Crippen LogP contribution in [0.4, 0.5) is 4.39 Å². The predicted octanol–water partition coefficient (Wildman–Crippen LogP) is 5.68. The van der Waals surface area contributed by atoms with Crippen molar-refractivity contribution in [1.29, 1.82) is 0 Å². The van der Waals surface area contributed by atoms with Crippen molar-refractivity contribution in [3.63, 3.8) is 0 Å². The molecule has 0 unspecified atom stereocenters. The molecule has 0 atom stereocenters. The summed E-state index contributed by atoms with van der Waals surface area (Å²) in [6.07, 6.45) is 8.88. The summed E-state index contributed by atoms with van der Waals surface area (Å²) in [4.78, 5) is 23.3. The minimum atomic E-state index is -0.696. The molecule has 0 radical (unpaired) electrons. The van der Waals surface area contributed by atoms with Crippen molar-refractivity contribution in [2.75, 3.05) is 13.2 Å². The second kappa shape index (κ2) is 12.5. The van der Waals surface area contributed by atoms with Crippen LogP contribution in [0.3, 0.4) is 0 Å². The Labute approximate surface area is 184 Å². The molecule has 1 aromatic carbocycles. The Bertz CT molecular complexity index is 920. The SMILES string of the molecule is Cc1c(F)c(=O)n(C)c2cc(OCCCCCCCCCCOC(=O)C(C)C)ccc12. The van der Waals surface area contributed by atoms with Gasteiger partial charge in [0, 0.05) is 18.5 Å². The summed E-state index contributed by atoms with van der Waals surface area (Å²) in [6.45, 7) is 6.48. The van der Waals surface area contributed by atoms with Crippen molar-refractivity contribution >= 4 is 16.9 Å². The average molecular weight is 434 g/mol. The summed E-state index contributed by atoms with van der Waals surface area (Å²) in [7, 11) is 1.58. The Balaban J connectivity index is 1.59. The molecule has 2 aromatic rings. The lowest BCUT2D eigenvalue weighted by Gasteiger charge is -2.11. The number of benzene rings is 1. The van der Waals surface area contributed by atoms with Crippen LogP contribution in [0.1, 0.15) is 70.8 Å². The number of esters is 1. The first kappa shape index (κ1) is 24.9. The minimum absolute atomic E-state index is 0.0484. The number of carbonyl (C=O) groups excluding carboxylic acids is 1. The zero-order chi connectivity index (χ0) is 22.8. The maximum atomic E-state index is 13.9. The first-order valence-corrected chi connectivity index (χ1v) is 11.4. The minimum Gasteiger partial charge on any atom is -0.494 e. The summed E-state index contributed by atoms with van der Waals surface area (Å²) >= 11 is 0. The number of ether oxygens (including phenoxy) is 2. The van der Waals surface area contributed by atoms with Gasteiger partial charge in [0.1, 0.15) is 5.75 Å². The number of hydrogen-bond donors (Lipinski definition) is 0. The third-order valence-electron chi connectivity index (χ3n) is 5.58. The Morgan fingerprint density at radius 2 is 1.58 bits per heavy atom. The largest absolute Gasteiger partial charge is 0.494 e. The van der Waals surface area contributed by atoms with Crippen molar-refractivity contribution in [2.24, 2.45) is 13.0 Å². The molecule has 0 N–H and O–H groups in total. The summed E-state index contributed by atoms with van der Waals surface area (Å²) in [5.41, 5.74) is 0.445. The maximum Gasteiger partial charge on any atom is 0.308 e. The summed E-state index contributed by atoms with van der Waals surface area (Å²) in [5.74, 6) is -0.156. The van der Waals surface area contributed by atoms with Crippen LogP contribution in [0.2, 0.25) is 0 Å². The average Bonchev–Trinajstić information content (AvgIpc) is 2.76. The number of aryl methyl sites for hydroxylation is 2. The van der Waals surface area contributed by atoms with Gasteiger partial charge in [-0.3, -0.25) is 9.59 Å². The molecule has 0 saturated carbocycles. The van der Waals surface area contributed by atoms with E-state index in [1.165, 1.54) is 30.3 Å². The Morgan fingerprint density at radius 1 is 1.00 bits per heavy atom. The Morgan fingerprint density at radius 3 is 2.19 bits per heavy atom. The van der Waals surface area contributed by atoms with Gasteiger partial charge in [-0.05, 0) is 37.5 Å². The van der Waals surface area contributed by atoms with Gasteiger partial charge in [-0.1, -0.05) is 52.4 Å². The van der Waals surface area contributed by atoms with Crippen LogP contribution in [0, 0.1) is 18.7 Å². The first-order chi connectivity index (χ1) is 14.8. The zero-order valence-corrected chi connectivity index (χ0v) is 19.3. The zero-order valence-electron chi connectivity index (χ0n) is 19.3. The molecule has 0 bridgehead atoms. The van der Waals surface area contributed by atoms with E-state index in [0.29, 0.717) is 30.0 Å². The second-order valence-corrected chi connectivity index (χ2v) is 8.48. The molecule has 0 amide bonds. The van der Waals surface area contributed by atoms with Crippen LogP contribution in [0.15, 0.2) is 23.0 Å². The molecular weight excluding hydrogens is 397 g/mol. The van der Waals surface area contributed by atoms with E-state index in [9.17, 15) is 14.0 Å². The van der Waals surface area contributed by atoms with E-state index < -0.39 is 11.4 Å². The molecule has 1 heterocycles. The van der Waals surface area contributed by atoms with E-state index in [4.69, 9.17) is 9.47 Å². The fourth-order valence-electron chi connectivity index (χ4n) is 3.53. The highest BCUT2D eigenvalue weighted by molar-refractivity contribution is 5.83. The fourth-order valence-corrected chi connectivity index (χ4v) is 3.53.